The van der Waals surface area contributed by atoms with E-state index in [4.69, 9.17) is 10.2 Å². The van der Waals surface area contributed by atoms with Crippen LogP contribution < -0.4 is 0 Å². The molecule has 0 aromatic heterocycles. The van der Waals surface area contributed by atoms with E-state index in [0.29, 0.717) is 0 Å². The van der Waals surface area contributed by atoms with Crippen LogP contribution in [0.25, 0.3) is 0 Å². The van der Waals surface area contributed by atoms with Crippen molar-refractivity contribution in [2.75, 3.05) is 0 Å². The van der Waals surface area contributed by atoms with Gasteiger partial charge < -0.3 is 10.2 Å². The molecule has 2 N–H and O–H groups in total. The maximum absolute atomic E-state index is 10.7. The third-order valence-electron chi connectivity index (χ3n) is 2.20. The molecule has 8 heteroatoms. The Balaban J connectivity index is 3.26. The molecule has 0 bridgehead atoms. The van der Waals surface area contributed by atoms with Crippen LogP contribution in [0.15, 0.2) is 24.3 Å². The van der Waals surface area contributed by atoms with Gasteiger partial charge in [0.1, 0.15) is 0 Å². The van der Waals surface area contributed by atoms with Gasteiger partial charge in [-0.05, 0) is 6.08 Å². The lowest BCUT2D eigenvalue weighted by atomic mass is 9.86. The van der Waals surface area contributed by atoms with E-state index >= 15 is 0 Å². The summed E-state index contributed by atoms with van der Waals surface area (Å²) in [4.78, 5) is 19.3. The fraction of sp³-hybridized carbons (Fsp3) is 0.429. The molecule has 2 unspecified atom stereocenters. The monoisotopic (exact) mass is 216 g/mol. The number of allylic oxidation sites excluding steroid dienone is 2. The Morgan fingerprint density at radius 3 is 2.20 bits per heavy atom. The van der Waals surface area contributed by atoms with Crippen LogP contribution in [0.4, 0.5) is 0 Å². The largest absolute Gasteiger partial charge is 0.362 e. The molecule has 82 valence electrons. The van der Waals surface area contributed by atoms with E-state index in [1.165, 1.54) is 12.2 Å². The molecule has 0 aliphatic heterocycles. The van der Waals surface area contributed by atoms with Crippen LogP contribution >= 0.6 is 0 Å². The summed E-state index contributed by atoms with van der Waals surface area (Å²) < 4.78 is 0. The Bertz CT molecular complexity index is 349. The van der Waals surface area contributed by atoms with Crippen LogP contribution in [-0.2, 0) is 0 Å². The summed E-state index contributed by atoms with van der Waals surface area (Å²) in [5.74, 6) is 0. The van der Waals surface area contributed by atoms with Crippen molar-refractivity contribution in [2.24, 2.45) is 0 Å². The number of nitrogens with zero attached hydrogens (tertiary/aromatic N) is 2. The van der Waals surface area contributed by atoms with Gasteiger partial charge in [-0.1, -0.05) is 12.2 Å². The van der Waals surface area contributed by atoms with E-state index < -0.39 is 27.7 Å². The highest BCUT2D eigenvalue weighted by molar-refractivity contribution is 5.23. The topological polar surface area (TPSA) is 127 Å². The number of rotatable bonds is 3. The number of aliphatic hydroxyl groups excluding tert-OH is 1. The molecule has 0 spiro atoms. The first-order valence-electron chi connectivity index (χ1n) is 3.93. The maximum atomic E-state index is 10.7. The zero-order valence-electron chi connectivity index (χ0n) is 7.39. The molecular weight excluding hydrogens is 208 g/mol. The number of nitro groups is 2. The summed E-state index contributed by atoms with van der Waals surface area (Å²) in [6, 6.07) is -1.79. The maximum Gasteiger partial charge on any atom is 0.359 e. The average molecular weight is 216 g/mol. The van der Waals surface area contributed by atoms with E-state index in [1.807, 2.05) is 0 Å². The summed E-state index contributed by atoms with van der Waals surface area (Å²) >= 11 is 0. The molecule has 0 saturated carbocycles. The predicted octanol–water partition coefficient (Wildman–Crippen LogP) is -0.916. The van der Waals surface area contributed by atoms with Crippen molar-refractivity contribution in [3.8, 4) is 0 Å². The molecule has 0 radical (unpaired) electrons. The normalized spacial score (nSPS) is 29.4. The molecule has 1 aliphatic carbocycles. The smallest absolute Gasteiger partial charge is 0.359 e. The lowest BCUT2D eigenvalue weighted by Gasteiger charge is -2.25. The molecule has 2 atom stereocenters. The third-order valence-corrected chi connectivity index (χ3v) is 2.20. The van der Waals surface area contributed by atoms with E-state index in [2.05, 4.69) is 0 Å². The highest BCUT2D eigenvalue weighted by atomic mass is 16.7. The van der Waals surface area contributed by atoms with Crippen LogP contribution in [0.2, 0.25) is 0 Å². The van der Waals surface area contributed by atoms with Gasteiger partial charge in [0.2, 0.25) is 6.29 Å². The first-order chi connectivity index (χ1) is 6.93. The molecule has 0 aromatic rings. The fourth-order valence-corrected chi connectivity index (χ4v) is 1.37. The second-order valence-electron chi connectivity index (χ2n) is 2.99. The summed E-state index contributed by atoms with van der Waals surface area (Å²) in [6.45, 7) is 0. The summed E-state index contributed by atoms with van der Waals surface area (Å²) in [5.41, 5.74) is -2.52. The second kappa shape index (κ2) is 3.75. The molecular formula is C7H8N2O6. The highest BCUT2D eigenvalue weighted by Crippen LogP contribution is 2.27. The quantitative estimate of drug-likeness (QED) is 0.357. The van der Waals surface area contributed by atoms with Gasteiger partial charge in [-0.25, -0.2) is 0 Å². The van der Waals surface area contributed by atoms with Crippen molar-refractivity contribution < 1.29 is 20.1 Å². The van der Waals surface area contributed by atoms with Crippen LogP contribution in [-0.4, -0.2) is 37.9 Å². The minimum absolute atomic E-state index is 0.811. The van der Waals surface area contributed by atoms with E-state index in [-0.39, 0.29) is 0 Å². The van der Waals surface area contributed by atoms with Crippen LogP contribution in [0, 0.1) is 20.2 Å². The number of hydrogen-bond donors (Lipinski definition) is 2. The van der Waals surface area contributed by atoms with Crippen molar-refractivity contribution in [3.05, 3.63) is 44.5 Å². The van der Waals surface area contributed by atoms with Crippen LogP contribution in [0.5, 0.6) is 0 Å². The minimum Gasteiger partial charge on any atom is -0.362 e. The molecule has 0 fully saturated rings. The van der Waals surface area contributed by atoms with E-state index in [9.17, 15) is 20.2 Å². The predicted molar refractivity (Wildman–Crippen MR) is 47.0 cm³/mol. The fourth-order valence-electron chi connectivity index (χ4n) is 1.37. The molecule has 15 heavy (non-hydrogen) atoms. The molecule has 8 nitrogen and oxygen atoms in total. The van der Waals surface area contributed by atoms with E-state index in [1.54, 1.807) is 0 Å². The molecule has 1 rings (SSSR count). The van der Waals surface area contributed by atoms with Crippen LogP contribution in [0.3, 0.4) is 0 Å². The van der Waals surface area contributed by atoms with Crippen molar-refractivity contribution in [1.29, 1.82) is 0 Å². The Labute approximate surface area is 83.4 Å². The van der Waals surface area contributed by atoms with Gasteiger partial charge in [0.25, 0.3) is 0 Å². The van der Waals surface area contributed by atoms with Crippen molar-refractivity contribution in [1.82, 2.24) is 0 Å². The molecule has 0 amide bonds. The Hall–Kier alpha value is -1.80. The van der Waals surface area contributed by atoms with Crippen molar-refractivity contribution in [3.63, 3.8) is 0 Å². The first-order valence-corrected chi connectivity index (χ1v) is 3.93. The van der Waals surface area contributed by atoms with E-state index in [0.717, 1.165) is 12.2 Å². The minimum atomic E-state index is -2.52. The standard InChI is InChI=1S/C7H8N2O6/c10-6(11)7(9(14)15)4-2-1-3-5(7)8(12)13/h1-6,10-11H. The molecule has 0 aromatic carbocycles. The molecule has 0 heterocycles. The lowest BCUT2D eigenvalue weighted by molar-refractivity contribution is -0.651. The third kappa shape index (κ3) is 1.60. The first kappa shape index (κ1) is 11.3. The van der Waals surface area contributed by atoms with Gasteiger partial charge in [0.15, 0.2) is 0 Å². The Kier molecular flexibility index (Phi) is 2.82. The summed E-state index contributed by atoms with van der Waals surface area (Å²) in [5, 5.41) is 39.2. The number of hydrogen-bond acceptors (Lipinski definition) is 6. The molecule has 1 aliphatic rings. The zero-order chi connectivity index (χ0) is 11.6. The Morgan fingerprint density at radius 1 is 1.27 bits per heavy atom. The SMILES string of the molecule is O=[N+]([O-])C1C=CC=CC1(C(O)O)[N+](=O)[O-]. The van der Waals surface area contributed by atoms with Gasteiger partial charge >= 0.3 is 11.6 Å². The van der Waals surface area contributed by atoms with Gasteiger partial charge in [0.05, 0.1) is 0 Å². The van der Waals surface area contributed by atoms with Gasteiger partial charge in [-0.15, -0.1) is 0 Å². The highest BCUT2D eigenvalue weighted by Gasteiger charge is 2.61. The Morgan fingerprint density at radius 2 is 1.87 bits per heavy atom. The number of aliphatic hydroxyl groups is 2. The summed E-state index contributed by atoms with van der Waals surface area (Å²) in [6.07, 6.45) is 1.73. The zero-order valence-corrected chi connectivity index (χ0v) is 7.39. The van der Waals surface area contributed by atoms with Gasteiger partial charge in [0, 0.05) is 15.9 Å². The average Bonchev–Trinajstić information content (AvgIpc) is 2.16. The van der Waals surface area contributed by atoms with Crippen molar-refractivity contribution >= 4 is 0 Å². The van der Waals surface area contributed by atoms with Crippen molar-refractivity contribution in [2.45, 2.75) is 17.9 Å². The second-order valence-corrected chi connectivity index (χ2v) is 2.99. The van der Waals surface area contributed by atoms with Crippen LogP contribution in [0.1, 0.15) is 0 Å². The lowest BCUT2D eigenvalue weighted by Crippen LogP contribution is -2.59. The summed E-state index contributed by atoms with van der Waals surface area (Å²) in [7, 11) is 0. The van der Waals surface area contributed by atoms with Gasteiger partial charge in [-0.2, -0.15) is 0 Å². The van der Waals surface area contributed by atoms with Gasteiger partial charge in [-0.3, -0.25) is 20.2 Å². The molecule has 0 saturated heterocycles.